The molecule has 0 saturated heterocycles. The minimum Gasteiger partial charge on any atom is -0.304 e. The van der Waals surface area contributed by atoms with Crippen LogP contribution in [0.4, 0.5) is 0 Å². The Morgan fingerprint density at radius 3 is 1.69 bits per heavy atom. The first kappa shape index (κ1) is 23.9. The van der Waals surface area contributed by atoms with Crippen molar-refractivity contribution in [3.8, 4) is 0 Å². The third-order valence-electron chi connectivity index (χ3n) is 6.44. The maximum atomic E-state index is 2.54. The number of nitrogens with zero attached hydrogens (tertiary/aromatic N) is 1. The summed E-state index contributed by atoms with van der Waals surface area (Å²) in [4.78, 5) is 2.54. The zero-order valence-electron chi connectivity index (χ0n) is 19.3. The van der Waals surface area contributed by atoms with Gasteiger partial charge in [-0.05, 0) is 55.2 Å². The zero-order chi connectivity index (χ0) is 20.6. The molecule has 1 heteroatoms. The van der Waals surface area contributed by atoms with Crippen LogP contribution in [0.25, 0.3) is 10.8 Å². The lowest BCUT2D eigenvalue weighted by Crippen LogP contribution is -2.23. The van der Waals surface area contributed by atoms with E-state index in [-0.39, 0.29) is 0 Å². The maximum Gasteiger partial charge on any atom is -0.00190 e. The molecule has 0 atom stereocenters. The second kappa shape index (κ2) is 15.5. The average molecular weight is 396 g/mol. The highest BCUT2D eigenvalue weighted by molar-refractivity contribution is 5.85. The molecule has 0 bridgehead atoms. The summed E-state index contributed by atoms with van der Waals surface area (Å²) >= 11 is 0. The Hall–Kier alpha value is -1.34. The van der Waals surface area contributed by atoms with Gasteiger partial charge in [0.2, 0.25) is 0 Å². The van der Waals surface area contributed by atoms with Gasteiger partial charge < -0.3 is 4.90 Å². The molecular formula is C28H45N. The van der Waals surface area contributed by atoms with Crippen LogP contribution in [0.2, 0.25) is 0 Å². The lowest BCUT2D eigenvalue weighted by atomic mass is 9.99. The topological polar surface area (TPSA) is 3.24 Å². The third kappa shape index (κ3) is 9.81. The van der Waals surface area contributed by atoms with Crippen LogP contribution in [0.15, 0.2) is 42.5 Å². The van der Waals surface area contributed by atoms with E-state index in [9.17, 15) is 0 Å². The van der Waals surface area contributed by atoms with Crippen LogP contribution in [0, 0.1) is 0 Å². The molecule has 2 rings (SSSR count). The molecule has 0 aliphatic carbocycles. The summed E-state index contributed by atoms with van der Waals surface area (Å²) in [5, 5.41) is 2.83. The highest BCUT2D eigenvalue weighted by Crippen LogP contribution is 2.21. The first-order valence-electron chi connectivity index (χ1n) is 12.5. The van der Waals surface area contributed by atoms with Gasteiger partial charge in [0.1, 0.15) is 0 Å². The first-order valence-corrected chi connectivity index (χ1v) is 12.5. The monoisotopic (exact) mass is 395 g/mol. The summed E-state index contributed by atoms with van der Waals surface area (Å²) in [6.45, 7) is 8.26. The lowest BCUT2D eigenvalue weighted by molar-refractivity contribution is 0.295. The van der Waals surface area contributed by atoms with Crippen LogP contribution >= 0.6 is 0 Å². The van der Waals surface area contributed by atoms with Crippen molar-refractivity contribution in [3.63, 3.8) is 0 Å². The Balaban J connectivity index is 1.38. The molecule has 1 nitrogen and oxygen atoms in total. The van der Waals surface area contributed by atoms with E-state index in [2.05, 4.69) is 61.2 Å². The fourth-order valence-electron chi connectivity index (χ4n) is 4.47. The quantitative estimate of drug-likeness (QED) is 0.243. The van der Waals surface area contributed by atoms with Gasteiger partial charge in [0.15, 0.2) is 0 Å². The maximum absolute atomic E-state index is 2.54. The average Bonchev–Trinajstić information content (AvgIpc) is 2.76. The molecule has 0 aromatic heterocycles. The van der Waals surface area contributed by atoms with Crippen molar-refractivity contribution < 1.29 is 0 Å². The summed E-state index contributed by atoms with van der Waals surface area (Å²) in [5.74, 6) is 0. The zero-order valence-corrected chi connectivity index (χ0v) is 19.3. The predicted molar refractivity (Wildman–Crippen MR) is 131 cm³/mol. The molecule has 0 aliphatic heterocycles. The standard InChI is InChI=1S/C28H45N/c1-3-29(4-2)25-18-14-12-10-8-6-5-7-9-11-13-15-20-26-22-19-23-27-21-16-17-24-28(26)27/h16-17,19,21-24H,3-15,18,20,25H2,1-2H3. The van der Waals surface area contributed by atoms with Gasteiger partial charge in [-0.25, -0.2) is 0 Å². The molecule has 0 fully saturated rings. The van der Waals surface area contributed by atoms with Gasteiger partial charge >= 0.3 is 0 Å². The van der Waals surface area contributed by atoms with Crippen LogP contribution < -0.4 is 0 Å². The molecule has 0 amide bonds. The van der Waals surface area contributed by atoms with Crippen molar-refractivity contribution in [1.29, 1.82) is 0 Å². The molecule has 0 radical (unpaired) electrons. The van der Waals surface area contributed by atoms with Crippen molar-refractivity contribution in [2.45, 2.75) is 97.3 Å². The summed E-state index contributed by atoms with van der Waals surface area (Å²) in [6.07, 6.45) is 18.3. The van der Waals surface area contributed by atoms with Crippen molar-refractivity contribution in [3.05, 3.63) is 48.0 Å². The number of rotatable bonds is 17. The Morgan fingerprint density at radius 2 is 1.07 bits per heavy atom. The molecule has 0 saturated carbocycles. The van der Waals surface area contributed by atoms with E-state index in [1.165, 1.54) is 119 Å². The molecule has 2 aromatic rings. The Kier molecular flexibility index (Phi) is 12.8. The number of hydrogen-bond acceptors (Lipinski definition) is 1. The van der Waals surface area contributed by atoms with Crippen molar-refractivity contribution in [2.24, 2.45) is 0 Å². The van der Waals surface area contributed by atoms with Gasteiger partial charge in [-0.2, -0.15) is 0 Å². The van der Waals surface area contributed by atoms with Crippen LogP contribution in [0.3, 0.4) is 0 Å². The number of unbranched alkanes of at least 4 members (excludes halogenated alkanes) is 11. The van der Waals surface area contributed by atoms with Gasteiger partial charge in [0.25, 0.3) is 0 Å². The number of benzene rings is 2. The van der Waals surface area contributed by atoms with E-state index in [4.69, 9.17) is 0 Å². The minimum absolute atomic E-state index is 1.21. The first-order chi connectivity index (χ1) is 14.3. The van der Waals surface area contributed by atoms with Crippen LogP contribution in [0.1, 0.15) is 96.5 Å². The van der Waals surface area contributed by atoms with Gasteiger partial charge in [0.05, 0.1) is 0 Å². The third-order valence-corrected chi connectivity index (χ3v) is 6.44. The van der Waals surface area contributed by atoms with Gasteiger partial charge in [-0.15, -0.1) is 0 Å². The Bertz CT molecular complexity index is 638. The molecule has 29 heavy (non-hydrogen) atoms. The van der Waals surface area contributed by atoms with Gasteiger partial charge in [0, 0.05) is 0 Å². The largest absolute Gasteiger partial charge is 0.304 e. The van der Waals surface area contributed by atoms with Gasteiger partial charge in [-0.3, -0.25) is 0 Å². The second-order valence-electron chi connectivity index (χ2n) is 8.66. The fourth-order valence-corrected chi connectivity index (χ4v) is 4.47. The molecule has 162 valence electrons. The van der Waals surface area contributed by atoms with Crippen LogP contribution in [0.5, 0.6) is 0 Å². The highest BCUT2D eigenvalue weighted by Gasteiger charge is 2.01. The van der Waals surface area contributed by atoms with E-state index < -0.39 is 0 Å². The van der Waals surface area contributed by atoms with Crippen LogP contribution in [-0.2, 0) is 6.42 Å². The molecule has 0 aliphatic rings. The van der Waals surface area contributed by atoms with E-state index >= 15 is 0 Å². The summed E-state index contributed by atoms with van der Waals surface area (Å²) in [7, 11) is 0. The molecule has 0 spiro atoms. The minimum atomic E-state index is 1.21. The van der Waals surface area contributed by atoms with Crippen molar-refractivity contribution >= 4 is 10.8 Å². The van der Waals surface area contributed by atoms with E-state index in [0.29, 0.717) is 0 Å². The van der Waals surface area contributed by atoms with Crippen LogP contribution in [-0.4, -0.2) is 24.5 Å². The molecular weight excluding hydrogens is 350 g/mol. The van der Waals surface area contributed by atoms with E-state index in [1.807, 2.05) is 0 Å². The summed E-state index contributed by atoms with van der Waals surface area (Å²) in [5.41, 5.74) is 1.53. The van der Waals surface area contributed by atoms with E-state index in [0.717, 1.165) is 0 Å². The molecule has 0 unspecified atom stereocenters. The fraction of sp³-hybridized carbons (Fsp3) is 0.643. The normalized spacial score (nSPS) is 11.6. The lowest BCUT2D eigenvalue weighted by Gasteiger charge is -2.17. The van der Waals surface area contributed by atoms with E-state index in [1.54, 1.807) is 0 Å². The van der Waals surface area contributed by atoms with Gasteiger partial charge in [-0.1, -0.05) is 121 Å². The van der Waals surface area contributed by atoms with Crippen molar-refractivity contribution in [2.75, 3.05) is 19.6 Å². The molecule has 0 N–H and O–H groups in total. The Labute approximate surface area is 180 Å². The molecule has 0 heterocycles. The predicted octanol–water partition coefficient (Wildman–Crippen LogP) is 8.41. The summed E-state index contributed by atoms with van der Waals surface area (Å²) in [6, 6.07) is 15.6. The number of fused-ring (bicyclic) bond motifs is 1. The highest BCUT2D eigenvalue weighted by atomic mass is 15.1. The second-order valence-corrected chi connectivity index (χ2v) is 8.66. The van der Waals surface area contributed by atoms with Crippen molar-refractivity contribution in [1.82, 2.24) is 4.90 Å². The SMILES string of the molecule is CCN(CC)CCCCCCCCCCCCCCc1cccc2ccccc12. The Morgan fingerprint density at radius 1 is 0.552 bits per heavy atom. The number of hydrogen-bond donors (Lipinski definition) is 0. The molecule has 2 aromatic carbocycles. The summed E-state index contributed by atoms with van der Waals surface area (Å²) < 4.78 is 0. The smallest absolute Gasteiger partial charge is 0.00190 e. The number of aryl methyl sites for hydroxylation is 1.